The van der Waals surface area contributed by atoms with E-state index in [2.05, 4.69) is 15.3 Å². The summed E-state index contributed by atoms with van der Waals surface area (Å²) in [4.78, 5) is 29.5. The molecule has 0 radical (unpaired) electrons. The van der Waals surface area contributed by atoms with Crippen LogP contribution in [0.1, 0.15) is 16.1 Å². The number of nitro groups is 1. The van der Waals surface area contributed by atoms with Crippen LogP contribution < -0.4 is 5.32 Å². The molecule has 0 saturated heterocycles. The van der Waals surface area contributed by atoms with Crippen LogP contribution in [0.3, 0.4) is 0 Å². The molecule has 9 heteroatoms. The van der Waals surface area contributed by atoms with E-state index in [-0.39, 0.29) is 18.1 Å². The van der Waals surface area contributed by atoms with Crippen molar-refractivity contribution in [2.24, 2.45) is 0 Å². The van der Waals surface area contributed by atoms with Crippen LogP contribution in [0.25, 0.3) is 22.6 Å². The van der Waals surface area contributed by atoms with E-state index < -0.39 is 16.7 Å². The van der Waals surface area contributed by atoms with Crippen LogP contribution in [-0.4, -0.2) is 20.8 Å². The van der Waals surface area contributed by atoms with Gasteiger partial charge in [-0.05, 0) is 41.5 Å². The van der Waals surface area contributed by atoms with Crippen LogP contribution in [0.2, 0.25) is 0 Å². The van der Waals surface area contributed by atoms with Crippen molar-refractivity contribution < 1.29 is 18.5 Å². The number of aromatic nitrogens is 2. The Morgan fingerprint density at radius 2 is 1.77 bits per heavy atom. The first-order valence-electron chi connectivity index (χ1n) is 8.92. The maximum atomic E-state index is 13.1. The van der Waals surface area contributed by atoms with Gasteiger partial charge in [0.2, 0.25) is 0 Å². The van der Waals surface area contributed by atoms with Crippen LogP contribution in [0.5, 0.6) is 0 Å². The topological polar surface area (TPSA) is 114 Å². The van der Waals surface area contributed by atoms with Crippen molar-refractivity contribution in [1.29, 1.82) is 0 Å². The summed E-state index contributed by atoms with van der Waals surface area (Å²) in [5.74, 6) is -0.786. The molecule has 1 amide bonds. The molecule has 0 bridgehead atoms. The number of imidazole rings is 1. The van der Waals surface area contributed by atoms with Crippen LogP contribution in [0, 0.1) is 15.9 Å². The number of aromatic amines is 1. The van der Waals surface area contributed by atoms with Crippen LogP contribution >= 0.6 is 0 Å². The molecule has 0 saturated carbocycles. The molecule has 0 aliphatic rings. The summed E-state index contributed by atoms with van der Waals surface area (Å²) in [5, 5.41) is 13.3. The molecule has 2 heterocycles. The lowest BCUT2D eigenvalue weighted by Gasteiger charge is -2.04. The summed E-state index contributed by atoms with van der Waals surface area (Å²) in [5.41, 5.74) is 3.28. The van der Waals surface area contributed by atoms with Gasteiger partial charge < -0.3 is 14.7 Å². The van der Waals surface area contributed by atoms with Gasteiger partial charge in [0, 0.05) is 12.1 Å². The minimum absolute atomic E-state index is 0.123. The second-order valence-corrected chi connectivity index (χ2v) is 6.43. The van der Waals surface area contributed by atoms with Crippen LogP contribution in [0.4, 0.5) is 10.3 Å². The molecule has 0 aliphatic carbocycles. The van der Waals surface area contributed by atoms with Gasteiger partial charge in [-0.25, -0.2) is 9.37 Å². The molecule has 150 valence electrons. The summed E-state index contributed by atoms with van der Waals surface area (Å²) >= 11 is 0. The lowest BCUT2D eigenvalue weighted by atomic mass is 10.1. The zero-order valence-corrected chi connectivity index (χ0v) is 15.5. The van der Waals surface area contributed by atoms with E-state index in [9.17, 15) is 19.3 Å². The third-order valence-corrected chi connectivity index (χ3v) is 4.41. The molecule has 0 spiro atoms. The minimum Gasteiger partial charge on any atom is -0.395 e. The zero-order chi connectivity index (χ0) is 21.1. The first-order chi connectivity index (χ1) is 14.5. The highest BCUT2D eigenvalue weighted by molar-refractivity contribution is 5.91. The number of benzene rings is 2. The summed E-state index contributed by atoms with van der Waals surface area (Å²) in [7, 11) is 0. The van der Waals surface area contributed by atoms with Crippen molar-refractivity contribution in [3.63, 3.8) is 0 Å². The quantitative estimate of drug-likeness (QED) is 0.366. The van der Waals surface area contributed by atoms with Gasteiger partial charge in [0.25, 0.3) is 5.91 Å². The Labute approximate surface area is 169 Å². The Balaban J connectivity index is 1.40. The lowest BCUT2D eigenvalue weighted by Crippen LogP contribution is -2.22. The Morgan fingerprint density at radius 3 is 2.43 bits per heavy atom. The van der Waals surface area contributed by atoms with Gasteiger partial charge in [0.15, 0.2) is 5.76 Å². The summed E-state index contributed by atoms with van der Waals surface area (Å²) < 4.78 is 17.9. The Hall–Kier alpha value is -4.27. The minimum atomic E-state index is -0.703. The predicted molar refractivity (Wildman–Crippen MR) is 106 cm³/mol. The van der Waals surface area contributed by atoms with Crippen molar-refractivity contribution in [3.8, 4) is 22.6 Å². The van der Waals surface area contributed by atoms with Crippen LogP contribution in [0.15, 0.2) is 71.3 Å². The maximum absolute atomic E-state index is 13.1. The fourth-order valence-corrected chi connectivity index (χ4v) is 2.84. The fourth-order valence-electron chi connectivity index (χ4n) is 2.84. The Morgan fingerprint density at radius 1 is 1.07 bits per heavy atom. The summed E-state index contributed by atoms with van der Waals surface area (Å²) in [6, 6.07) is 15.9. The summed E-state index contributed by atoms with van der Waals surface area (Å²) in [6.45, 7) is 0.229. The van der Waals surface area contributed by atoms with Crippen molar-refractivity contribution in [1.82, 2.24) is 15.3 Å². The SMILES string of the molecule is O=C(NCc1ccc(-c2ncc(-c3ccc(F)cc3)[nH]2)cc1)c1ccc([N+](=O)[O-])o1. The number of furan rings is 1. The smallest absolute Gasteiger partial charge is 0.395 e. The highest BCUT2D eigenvalue weighted by Gasteiger charge is 2.17. The van der Waals surface area contributed by atoms with Gasteiger partial charge in [0.1, 0.15) is 16.6 Å². The highest BCUT2D eigenvalue weighted by Crippen LogP contribution is 2.23. The molecular weight excluding hydrogens is 391 g/mol. The Bertz CT molecular complexity index is 1200. The number of nitrogens with one attached hydrogen (secondary N) is 2. The molecule has 0 fully saturated rings. The third kappa shape index (κ3) is 4.09. The average molecular weight is 406 g/mol. The highest BCUT2D eigenvalue weighted by atomic mass is 19.1. The maximum Gasteiger partial charge on any atom is 0.433 e. The van der Waals surface area contributed by atoms with Crippen LogP contribution in [-0.2, 0) is 6.54 Å². The summed E-state index contributed by atoms with van der Waals surface area (Å²) in [6.07, 6.45) is 1.68. The first kappa shape index (κ1) is 19.1. The second kappa shape index (κ2) is 8.00. The van der Waals surface area contributed by atoms with Gasteiger partial charge in [0.05, 0.1) is 18.0 Å². The lowest BCUT2D eigenvalue weighted by molar-refractivity contribution is -0.402. The Kier molecular flexibility index (Phi) is 5.08. The van der Waals surface area contributed by atoms with Gasteiger partial charge >= 0.3 is 5.88 Å². The van der Waals surface area contributed by atoms with Gasteiger partial charge in [-0.1, -0.05) is 24.3 Å². The van der Waals surface area contributed by atoms with E-state index >= 15 is 0 Å². The fraction of sp³-hybridized carbons (Fsp3) is 0.0476. The number of hydrogen-bond acceptors (Lipinski definition) is 5. The monoisotopic (exact) mass is 406 g/mol. The van der Waals surface area contributed by atoms with E-state index in [0.717, 1.165) is 28.5 Å². The van der Waals surface area contributed by atoms with Gasteiger partial charge in [-0.15, -0.1) is 0 Å². The molecule has 4 aromatic rings. The number of carbonyl (C=O) groups is 1. The first-order valence-corrected chi connectivity index (χ1v) is 8.92. The van der Waals surface area contributed by atoms with E-state index in [0.29, 0.717) is 5.82 Å². The number of nitrogens with zero attached hydrogens (tertiary/aromatic N) is 2. The van der Waals surface area contributed by atoms with Crippen molar-refractivity contribution in [3.05, 3.63) is 94.1 Å². The van der Waals surface area contributed by atoms with E-state index in [1.54, 1.807) is 18.3 Å². The third-order valence-electron chi connectivity index (χ3n) is 4.41. The number of halogens is 1. The van der Waals surface area contributed by atoms with Crippen molar-refractivity contribution >= 4 is 11.8 Å². The number of hydrogen-bond donors (Lipinski definition) is 2. The molecule has 0 atom stereocenters. The van der Waals surface area contributed by atoms with E-state index in [1.807, 2.05) is 24.3 Å². The predicted octanol–water partition coefficient (Wildman–Crippen LogP) is 4.31. The van der Waals surface area contributed by atoms with E-state index in [1.165, 1.54) is 18.2 Å². The average Bonchev–Trinajstić information content (AvgIpc) is 3.43. The van der Waals surface area contributed by atoms with Gasteiger partial charge in [-0.2, -0.15) is 0 Å². The van der Waals surface area contributed by atoms with Crippen molar-refractivity contribution in [2.45, 2.75) is 6.54 Å². The molecule has 2 aromatic carbocycles. The molecular formula is C21H15FN4O4. The largest absolute Gasteiger partial charge is 0.433 e. The van der Waals surface area contributed by atoms with Crippen molar-refractivity contribution in [2.75, 3.05) is 0 Å². The molecule has 30 heavy (non-hydrogen) atoms. The number of carbonyl (C=O) groups excluding carboxylic acids is 1. The normalized spacial score (nSPS) is 10.7. The number of H-pyrrole nitrogens is 1. The number of rotatable bonds is 6. The molecule has 8 nitrogen and oxygen atoms in total. The molecule has 2 aromatic heterocycles. The van der Waals surface area contributed by atoms with Gasteiger partial charge in [-0.3, -0.25) is 14.9 Å². The molecule has 4 rings (SSSR count). The molecule has 2 N–H and O–H groups in total. The number of amides is 1. The molecule has 0 unspecified atom stereocenters. The zero-order valence-electron chi connectivity index (χ0n) is 15.5. The second-order valence-electron chi connectivity index (χ2n) is 6.43. The van der Waals surface area contributed by atoms with E-state index in [4.69, 9.17) is 4.42 Å². The standard InChI is InChI=1S/C21H15FN4O4/c22-16-7-5-14(6-8-16)17-12-23-20(25-17)15-3-1-13(2-4-15)11-24-21(27)18-9-10-19(30-18)26(28)29/h1-10,12H,11H2,(H,23,25)(H,24,27). The molecule has 0 aliphatic heterocycles.